The Bertz CT molecular complexity index is 889. The molecule has 1 aromatic heterocycles. The van der Waals surface area contributed by atoms with Gasteiger partial charge in [0.05, 0.1) is 11.3 Å². The van der Waals surface area contributed by atoms with Gasteiger partial charge in [-0.05, 0) is 32.9 Å². The van der Waals surface area contributed by atoms with E-state index in [1.165, 1.54) is 25.1 Å². The van der Waals surface area contributed by atoms with Crippen molar-refractivity contribution in [1.82, 2.24) is 15.1 Å². The number of nitrogens with one attached hydrogen (secondary N) is 1. The predicted octanol–water partition coefficient (Wildman–Crippen LogP) is 2.45. The number of aryl methyl sites for hydroxylation is 1. The average molecular weight is 405 g/mol. The Hall–Kier alpha value is -2.39. The first-order chi connectivity index (χ1) is 11.9. The molecule has 1 aromatic carbocycles. The minimum Gasteiger partial charge on any atom is -0.349 e. The minimum atomic E-state index is -4.61. The zero-order valence-corrected chi connectivity index (χ0v) is 15.7. The number of carbonyl (C=O) groups is 1. The zero-order chi connectivity index (χ0) is 19.7. The topological polar surface area (TPSA) is 90.0 Å². The van der Waals surface area contributed by atoms with Gasteiger partial charge in [0.2, 0.25) is 5.43 Å². The number of benzene rings is 1. The first kappa shape index (κ1) is 22.7. The number of nitrogens with two attached hydrogens (primary N) is 1. The summed E-state index contributed by atoms with van der Waals surface area (Å²) in [6.07, 6.45) is -4.61. The molecule has 27 heavy (non-hydrogen) atoms. The smallest absolute Gasteiger partial charge is 0.349 e. The highest BCUT2D eigenvalue weighted by Gasteiger charge is 2.34. The van der Waals surface area contributed by atoms with Gasteiger partial charge in [-0.3, -0.25) is 9.59 Å². The summed E-state index contributed by atoms with van der Waals surface area (Å²) in [5, 5.41) is 6.33. The van der Waals surface area contributed by atoms with Crippen molar-refractivity contribution in [3.8, 4) is 5.69 Å². The Kier molecular flexibility index (Phi) is 6.79. The number of halogens is 4. The quantitative estimate of drug-likeness (QED) is 0.819. The number of nitrogens with zero attached hydrogens (tertiary/aromatic N) is 2. The van der Waals surface area contributed by atoms with Crippen molar-refractivity contribution in [1.29, 1.82) is 0 Å². The van der Waals surface area contributed by atoms with E-state index in [1.807, 2.05) is 0 Å². The fraction of sp³-hybridized carbons (Fsp3) is 0.353. The summed E-state index contributed by atoms with van der Waals surface area (Å²) < 4.78 is 40.7. The SMILES string of the molecule is Cc1cc(=O)c(C(=O)NCC(C)(C)N)nn1-c1ccccc1C(F)(F)F.Cl. The van der Waals surface area contributed by atoms with Crippen molar-refractivity contribution in [2.24, 2.45) is 5.73 Å². The second kappa shape index (κ2) is 8.10. The average Bonchev–Trinajstić information content (AvgIpc) is 2.51. The maximum absolute atomic E-state index is 13.3. The number of carbonyl (C=O) groups excluding carboxylic acids is 1. The third kappa shape index (κ3) is 5.54. The van der Waals surface area contributed by atoms with Crippen LogP contribution in [0.1, 0.15) is 35.6 Å². The van der Waals surface area contributed by atoms with Crippen molar-refractivity contribution >= 4 is 18.3 Å². The van der Waals surface area contributed by atoms with Gasteiger partial charge in [0.15, 0.2) is 5.69 Å². The molecule has 0 saturated carbocycles. The number of aromatic nitrogens is 2. The zero-order valence-electron chi connectivity index (χ0n) is 14.9. The van der Waals surface area contributed by atoms with Crippen LogP contribution in [0.2, 0.25) is 0 Å². The normalized spacial score (nSPS) is 11.7. The van der Waals surface area contributed by atoms with E-state index in [-0.39, 0.29) is 30.3 Å². The number of amides is 1. The lowest BCUT2D eigenvalue weighted by molar-refractivity contribution is -0.137. The van der Waals surface area contributed by atoms with Crippen molar-refractivity contribution in [2.45, 2.75) is 32.5 Å². The predicted molar refractivity (Wildman–Crippen MR) is 97.4 cm³/mol. The number of hydrogen-bond donors (Lipinski definition) is 2. The van der Waals surface area contributed by atoms with E-state index < -0.39 is 34.3 Å². The van der Waals surface area contributed by atoms with E-state index in [0.29, 0.717) is 0 Å². The third-order valence-corrected chi connectivity index (χ3v) is 3.46. The van der Waals surface area contributed by atoms with Gasteiger partial charge in [-0.2, -0.15) is 18.3 Å². The second-order valence-corrected chi connectivity index (χ2v) is 6.60. The monoisotopic (exact) mass is 404 g/mol. The summed E-state index contributed by atoms with van der Waals surface area (Å²) in [5.41, 5.74) is 2.84. The Morgan fingerprint density at radius 3 is 2.41 bits per heavy atom. The van der Waals surface area contributed by atoms with Gasteiger partial charge in [0.1, 0.15) is 0 Å². The van der Waals surface area contributed by atoms with Crippen LogP contribution in [-0.4, -0.2) is 27.8 Å². The lowest BCUT2D eigenvalue weighted by atomic mass is 10.1. The molecule has 1 heterocycles. The van der Waals surface area contributed by atoms with Crippen LogP contribution >= 0.6 is 12.4 Å². The molecule has 2 rings (SSSR count). The van der Waals surface area contributed by atoms with E-state index in [2.05, 4.69) is 10.4 Å². The molecule has 0 aliphatic carbocycles. The molecule has 10 heteroatoms. The van der Waals surface area contributed by atoms with Gasteiger partial charge in [-0.25, -0.2) is 4.68 Å². The van der Waals surface area contributed by atoms with Gasteiger partial charge in [0.25, 0.3) is 5.91 Å². The number of hydrogen-bond acceptors (Lipinski definition) is 4. The lowest BCUT2D eigenvalue weighted by Crippen LogP contribution is -2.46. The summed E-state index contributed by atoms with van der Waals surface area (Å²) in [4.78, 5) is 24.3. The summed E-state index contributed by atoms with van der Waals surface area (Å²) in [6, 6.07) is 5.87. The Labute approximate surface area is 160 Å². The molecule has 0 aliphatic rings. The first-order valence-corrected chi connectivity index (χ1v) is 7.75. The molecule has 6 nitrogen and oxygen atoms in total. The van der Waals surface area contributed by atoms with E-state index in [0.717, 1.165) is 16.8 Å². The van der Waals surface area contributed by atoms with Gasteiger partial charge < -0.3 is 11.1 Å². The molecular formula is C17H20ClF3N4O2. The largest absolute Gasteiger partial charge is 0.418 e. The fourth-order valence-electron chi connectivity index (χ4n) is 2.24. The molecule has 0 saturated heterocycles. The molecule has 0 atom stereocenters. The molecule has 0 fully saturated rings. The maximum atomic E-state index is 13.3. The molecule has 0 aliphatic heterocycles. The highest BCUT2D eigenvalue weighted by molar-refractivity contribution is 5.92. The number of alkyl halides is 3. The first-order valence-electron chi connectivity index (χ1n) is 7.75. The molecule has 0 radical (unpaired) electrons. The summed E-state index contributed by atoms with van der Waals surface area (Å²) in [5.74, 6) is -0.799. The van der Waals surface area contributed by atoms with Crippen molar-refractivity contribution in [2.75, 3.05) is 6.54 Å². The Morgan fingerprint density at radius 1 is 1.26 bits per heavy atom. The van der Waals surface area contributed by atoms with Gasteiger partial charge in [-0.15, -0.1) is 12.4 Å². The molecule has 0 unspecified atom stereocenters. The van der Waals surface area contributed by atoms with E-state index in [4.69, 9.17) is 5.73 Å². The van der Waals surface area contributed by atoms with Crippen LogP contribution in [-0.2, 0) is 6.18 Å². The second-order valence-electron chi connectivity index (χ2n) is 6.60. The van der Waals surface area contributed by atoms with Crippen LogP contribution in [0.3, 0.4) is 0 Å². The Balaban J connectivity index is 0.00000364. The number of para-hydroxylation sites is 1. The van der Waals surface area contributed by atoms with Gasteiger partial charge in [-0.1, -0.05) is 12.1 Å². The molecule has 1 amide bonds. The van der Waals surface area contributed by atoms with Gasteiger partial charge in [0, 0.05) is 23.8 Å². The molecular weight excluding hydrogens is 385 g/mol. The highest BCUT2D eigenvalue weighted by atomic mass is 35.5. The summed E-state index contributed by atoms with van der Waals surface area (Å²) in [7, 11) is 0. The lowest BCUT2D eigenvalue weighted by Gasteiger charge is -2.19. The standard InChI is InChI=1S/C17H19F3N4O2.ClH/c1-10-8-13(25)14(15(26)22-9-16(2,3)21)23-24(10)12-7-5-4-6-11(12)17(18,19)20;/h4-8H,9,21H2,1-3H3,(H,22,26);1H. The molecule has 2 aromatic rings. The van der Waals surface area contributed by atoms with Crippen molar-refractivity contribution < 1.29 is 18.0 Å². The molecule has 148 valence electrons. The van der Waals surface area contributed by atoms with E-state index >= 15 is 0 Å². The van der Waals surface area contributed by atoms with Crippen LogP contribution in [0.25, 0.3) is 5.69 Å². The van der Waals surface area contributed by atoms with Crippen LogP contribution in [0.15, 0.2) is 35.1 Å². The van der Waals surface area contributed by atoms with Crippen molar-refractivity contribution in [3.05, 3.63) is 57.5 Å². The molecule has 0 bridgehead atoms. The molecule has 0 spiro atoms. The summed E-state index contributed by atoms with van der Waals surface area (Å²) in [6.45, 7) is 4.85. The minimum absolute atomic E-state index is 0. The number of rotatable bonds is 4. The van der Waals surface area contributed by atoms with Crippen LogP contribution < -0.4 is 16.5 Å². The maximum Gasteiger partial charge on any atom is 0.418 e. The van der Waals surface area contributed by atoms with Crippen LogP contribution in [0, 0.1) is 6.92 Å². The Morgan fingerprint density at radius 2 is 1.85 bits per heavy atom. The van der Waals surface area contributed by atoms with Gasteiger partial charge >= 0.3 is 6.18 Å². The molecule has 3 N–H and O–H groups in total. The summed E-state index contributed by atoms with van der Waals surface area (Å²) >= 11 is 0. The van der Waals surface area contributed by atoms with Crippen LogP contribution in [0.5, 0.6) is 0 Å². The van der Waals surface area contributed by atoms with E-state index in [1.54, 1.807) is 13.8 Å². The fourth-order valence-corrected chi connectivity index (χ4v) is 2.24. The highest BCUT2D eigenvalue weighted by Crippen LogP contribution is 2.33. The van der Waals surface area contributed by atoms with Crippen LogP contribution in [0.4, 0.5) is 13.2 Å². The van der Waals surface area contributed by atoms with Crippen molar-refractivity contribution in [3.63, 3.8) is 0 Å². The van der Waals surface area contributed by atoms with E-state index in [9.17, 15) is 22.8 Å². The third-order valence-electron chi connectivity index (χ3n) is 3.46.